The van der Waals surface area contributed by atoms with E-state index in [1.54, 1.807) is 12.1 Å². The quantitative estimate of drug-likeness (QED) is 0.634. The third kappa shape index (κ3) is 5.25. The highest BCUT2D eigenvalue weighted by molar-refractivity contribution is 5.81. The molecule has 100 valence electrons. The fourth-order valence-corrected chi connectivity index (χ4v) is 1.53. The Kier molecular flexibility index (Phi) is 6.32. The SMILES string of the molecule is N[C@@H](CCCCO)C(=O)NCc1ccc(F)cc1. The number of nitrogens with two attached hydrogens (primary N) is 1. The van der Waals surface area contributed by atoms with E-state index in [1.807, 2.05) is 0 Å². The van der Waals surface area contributed by atoms with Gasteiger partial charge in [0.05, 0.1) is 6.04 Å². The van der Waals surface area contributed by atoms with Crippen molar-refractivity contribution < 1.29 is 14.3 Å². The number of unbranched alkanes of at least 4 members (excludes halogenated alkanes) is 1. The van der Waals surface area contributed by atoms with Gasteiger partial charge in [-0.05, 0) is 37.0 Å². The van der Waals surface area contributed by atoms with Crippen LogP contribution in [0.1, 0.15) is 24.8 Å². The van der Waals surface area contributed by atoms with Crippen LogP contribution in [0.3, 0.4) is 0 Å². The maximum atomic E-state index is 12.7. The van der Waals surface area contributed by atoms with E-state index in [1.165, 1.54) is 12.1 Å². The molecular weight excluding hydrogens is 235 g/mol. The van der Waals surface area contributed by atoms with E-state index in [2.05, 4.69) is 5.32 Å². The minimum absolute atomic E-state index is 0.115. The molecular formula is C13H19FN2O2. The van der Waals surface area contributed by atoms with Crippen molar-refractivity contribution in [2.75, 3.05) is 6.61 Å². The highest BCUT2D eigenvalue weighted by atomic mass is 19.1. The Morgan fingerprint density at radius 2 is 2.00 bits per heavy atom. The van der Waals surface area contributed by atoms with Crippen molar-refractivity contribution in [3.8, 4) is 0 Å². The Labute approximate surface area is 106 Å². The molecule has 0 aromatic heterocycles. The first-order valence-corrected chi connectivity index (χ1v) is 6.02. The number of rotatable bonds is 7. The highest BCUT2D eigenvalue weighted by Crippen LogP contribution is 2.03. The number of aliphatic hydroxyl groups is 1. The minimum atomic E-state index is -0.558. The Bertz CT molecular complexity index is 368. The van der Waals surface area contributed by atoms with Crippen LogP contribution in [0, 0.1) is 5.82 Å². The van der Waals surface area contributed by atoms with Gasteiger partial charge in [-0.25, -0.2) is 4.39 Å². The summed E-state index contributed by atoms with van der Waals surface area (Å²) in [4.78, 5) is 11.6. The summed E-state index contributed by atoms with van der Waals surface area (Å²) in [5, 5.41) is 11.3. The van der Waals surface area contributed by atoms with Crippen molar-refractivity contribution in [1.29, 1.82) is 0 Å². The van der Waals surface area contributed by atoms with E-state index in [0.717, 1.165) is 12.0 Å². The van der Waals surface area contributed by atoms with E-state index in [4.69, 9.17) is 10.8 Å². The molecule has 0 aliphatic heterocycles. The van der Waals surface area contributed by atoms with Crippen LogP contribution in [-0.2, 0) is 11.3 Å². The monoisotopic (exact) mass is 254 g/mol. The topological polar surface area (TPSA) is 75.3 Å². The predicted molar refractivity (Wildman–Crippen MR) is 67.2 cm³/mol. The van der Waals surface area contributed by atoms with Gasteiger partial charge in [0, 0.05) is 13.2 Å². The molecule has 1 aromatic rings. The number of aliphatic hydroxyl groups excluding tert-OH is 1. The number of halogens is 1. The largest absolute Gasteiger partial charge is 0.396 e. The third-order valence-electron chi connectivity index (χ3n) is 2.64. The molecule has 4 nitrogen and oxygen atoms in total. The average molecular weight is 254 g/mol. The van der Waals surface area contributed by atoms with Crippen LogP contribution in [-0.4, -0.2) is 23.7 Å². The molecule has 5 heteroatoms. The molecule has 4 N–H and O–H groups in total. The molecule has 0 radical (unpaired) electrons. The molecule has 0 saturated heterocycles. The number of carbonyl (C=O) groups is 1. The normalized spacial score (nSPS) is 12.2. The highest BCUT2D eigenvalue weighted by Gasteiger charge is 2.12. The Hall–Kier alpha value is -1.46. The van der Waals surface area contributed by atoms with Gasteiger partial charge in [0.15, 0.2) is 0 Å². The lowest BCUT2D eigenvalue weighted by Crippen LogP contribution is -2.40. The molecule has 1 amide bonds. The van der Waals surface area contributed by atoms with Crippen molar-refractivity contribution in [2.45, 2.75) is 31.8 Å². The fraction of sp³-hybridized carbons (Fsp3) is 0.462. The van der Waals surface area contributed by atoms with Crippen molar-refractivity contribution in [3.63, 3.8) is 0 Å². The van der Waals surface area contributed by atoms with Crippen LogP contribution in [0.15, 0.2) is 24.3 Å². The second kappa shape index (κ2) is 7.79. The average Bonchev–Trinajstić information content (AvgIpc) is 2.38. The predicted octanol–water partition coefficient (Wildman–Crippen LogP) is 0.932. The zero-order valence-electron chi connectivity index (χ0n) is 10.2. The fourth-order valence-electron chi connectivity index (χ4n) is 1.53. The van der Waals surface area contributed by atoms with Gasteiger partial charge in [-0.15, -0.1) is 0 Å². The molecule has 1 rings (SSSR count). The molecule has 18 heavy (non-hydrogen) atoms. The van der Waals surface area contributed by atoms with Gasteiger partial charge in [0.25, 0.3) is 0 Å². The van der Waals surface area contributed by atoms with E-state index < -0.39 is 6.04 Å². The molecule has 1 atom stereocenters. The number of hydrogen-bond acceptors (Lipinski definition) is 3. The summed E-state index contributed by atoms with van der Waals surface area (Å²) in [5.41, 5.74) is 6.52. The van der Waals surface area contributed by atoms with Crippen molar-refractivity contribution >= 4 is 5.91 Å². The lowest BCUT2D eigenvalue weighted by molar-refractivity contribution is -0.122. The van der Waals surface area contributed by atoms with Crippen LogP contribution in [0.5, 0.6) is 0 Å². The molecule has 0 aliphatic rings. The van der Waals surface area contributed by atoms with Crippen LogP contribution in [0.4, 0.5) is 4.39 Å². The van der Waals surface area contributed by atoms with Crippen molar-refractivity contribution in [2.24, 2.45) is 5.73 Å². The molecule has 0 bridgehead atoms. The number of hydrogen-bond donors (Lipinski definition) is 3. The lowest BCUT2D eigenvalue weighted by atomic mass is 10.1. The summed E-state index contributed by atoms with van der Waals surface area (Å²) >= 11 is 0. The number of amides is 1. The summed E-state index contributed by atoms with van der Waals surface area (Å²) in [6, 6.07) is 5.38. The molecule has 1 aromatic carbocycles. The first kappa shape index (κ1) is 14.6. The number of nitrogens with one attached hydrogen (secondary N) is 1. The summed E-state index contributed by atoms with van der Waals surface area (Å²) in [7, 11) is 0. The van der Waals surface area contributed by atoms with Gasteiger partial charge < -0.3 is 16.2 Å². The molecule has 0 heterocycles. The van der Waals surface area contributed by atoms with Crippen molar-refractivity contribution in [1.82, 2.24) is 5.32 Å². The Balaban J connectivity index is 2.29. The number of carbonyl (C=O) groups excluding carboxylic acids is 1. The molecule has 0 fully saturated rings. The van der Waals surface area contributed by atoms with Crippen molar-refractivity contribution in [3.05, 3.63) is 35.6 Å². The zero-order valence-corrected chi connectivity index (χ0v) is 10.2. The van der Waals surface area contributed by atoms with Crippen LogP contribution >= 0.6 is 0 Å². The van der Waals surface area contributed by atoms with Gasteiger partial charge in [-0.2, -0.15) is 0 Å². The summed E-state index contributed by atoms with van der Waals surface area (Å²) < 4.78 is 12.7. The third-order valence-corrected chi connectivity index (χ3v) is 2.64. The van der Waals surface area contributed by atoms with Crippen LogP contribution in [0.2, 0.25) is 0 Å². The van der Waals surface area contributed by atoms with E-state index in [9.17, 15) is 9.18 Å². The van der Waals surface area contributed by atoms with Crippen LogP contribution in [0.25, 0.3) is 0 Å². The van der Waals surface area contributed by atoms with E-state index in [-0.39, 0.29) is 18.3 Å². The molecule has 0 saturated carbocycles. The Morgan fingerprint density at radius 1 is 1.33 bits per heavy atom. The molecule has 0 aliphatic carbocycles. The maximum absolute atomic E-state index is 12.7. The van der Waals surface area contributed by atoms with Gasteiger partial charge in [-0.1, -0.05) is 12.1 Å². The smallest absolute Gasteiger partial charge is 0.237 e. The molecule has 0 spiro atoms. The van der Waals surface area contributed by atoms with Gasteiger partial charge in [0.2, 0.25) is 5.91 Å². The minimum Gasteiger partial charge on any atom is -0.396 e. The summed E-state index contributed by atoms with van der Waals surface area (Å²) in [5.74, 6) is -0.525. The maximum Gasteiger partial charge on any atom is 0.237 e. The van der Waals surface area contributed by atoms with Crippen LogP contribution < -0.4 is 11.1 Å². The first-order chi connectivity index (χ1) is 8.63. The second-order valence-corrected chi connectivity index (χ2v) is 4.17. The summed E-state index contributed by atoms with van der Waals surface area (Å²) in [6.07, 6.45) is 1.93. The first-order valence-electron chi connectivity index (χ1n) is 6.02. The van der Waals surface area contributed by atoms with Gasteiger partial charge >= 0.3 is 0 Å². The Morgan fingerprint density at radius 3 is 2.61 bits per heavy atom. The lowest BCUT2D eigenvalue weighted by Gasteiger charge is -2.11. The van der Waals surface area contributed by atoms with E-state index >= 15 is 0 Å². The standard InChI is InChI=1S/C13H19FN2O2/c14-11-6-4-10(5-7-11)9-16-13(18)12(15)3-1-2-8-17/h4-7,12,17H,1-3,8-9,15H2,(H,16,18)/t12-/m0/s1. The van der Waals surface area contributed by atoms with E-state index in [0.29, 0.717) is 19.4 Å². The van der Waals surface area contributed by atoms with Gasteiger partial charge in [0.1, 0.15) is 5.82 Å². The van der Waals surface area contributed by atoms with Gasteiger partial charge in [-0.3, -0.25) is 4.79 Å². The molecule has 0 unspecified atom stereocenters. The number of benzene rings is 1. The second-order valence-electron chi connectivity index (χ2n) is 4.17. The zero-order chi connectivity index (χ0) is 13.4. The summed E-state index contributed by atoms with van der Waals surface area (Å²) in [6.45, 7) is 0.455.